The summed E-state index contributed by atoms with van der Waals surface area (Å²) in [4.78, 5) is 24.1. The lowest BCUT2D eigenvalue weighted by Crippen LogP contribution is -2.41. The fourth-order valence-corrected chi connectivity index (χ4v) is 2.17. The number of benzene rings is 1. The van der Waals surface area contributed by atoms with Crippen LogP contribution in [-0.2, 0) is 4.79 Å². The number of aromatic amines is 1. The zero-order chi connectivity index (χ0) is 16.9. The van der Waals surface area contributed by atoms with Crippen molar-refractivity contribution < 1.29 is 14.0 Å². The van der Waals surface area contributed by atoms with Gasteiger partial charge in [0.2, 0.25) is 5.91 Å². The van der Waals surface area contributed by atoms with E-state index in [-0.39, 0.29) is 11.7 Å². The SMILES string of the molecule is C[C@@H](NC(=O)c1ccco1)C(=O)Nc1cccc(-c2ccn[nH]2)c1. The fraction of sp³-hybridized carbons (Fsp3) is 0.118. The summed E-state index contributed by atoms with van der Waals surface area (Å²) in [6.45, 7) is 1.61. The quantitative estimate of drug-likeness (QED) is 0.671. The van der Waals surface area contributed by atoms with Crippen molar-refractivity contribution in [1.82, 2.24) is 15.5 Å². The number of hydrogen-bond acceptors (Lipinski definition) is 4. The van der Waals surface area contributed by atoms with Gasteiger partial charge >= 0.3 is 0 Å². The maximum atomic E-state index is 12.2. The van der Waals surface area contributed by atoms with Crippen LogP contribution in [0.4, 0.5) is 5.69 Å². The van der Waals surface area contributed by atoms with Crippen molar-refractivity contribution in [1.29, 1.82) is 0 Å². The largest absolute Gasteiger partial charge is 0.459 e. The number of rotatable bonds is 5. The van der Waals surface area contributed by atoms with E-state index in [2.05, 4.69) is 20.8 Å². The van der Waals surface area contributed by atoms with Crippen LogP contribution >= 0.6 is 0 Å². The minimum atomic E-state index is -0.710. The molecule has 0 saturated carbocycles. The van der Waals surface area contributed by atoms with E-state index in [0.717, 1.165) is 11.3 Å². The summed E-state index contributed by atoms with van der Waals surface area (Å²) in [6.07, 6.45) is 3.06. The molecule has 0 aliphatic rings. The summed E-state index contributed by atoms with van der Waals surface area (Å²) in [5.41, 5.74) is 2.38. The van der Waals surface area contributed by atoms with Gasteiger partial charge in [-0.1, -0.05) is 12.1 Å². The average molecular weight is 324 g/mol. The first-order chi connectivity index (χ1) is 11.6. The summed E-state index contributed by atoms with van der Waals surface area (Å²) in [5, 5.41) is 12.1. The van der Waals surface area contributed by atoms with Gasteiger partial charge in [0.05, 0.1) is 12.0 Å². The van der Waals surface area contributed by atoms with Gasteiger partial charge in [-0.15, -0.1) is 0 Å². The summed E-state index contributed by atoms with van der Waals surface area (Å²) in [7, 11) is 0. The Morgan fingerprint density at radius 2 is 2.08 bits per heavy atom. The molecule has 0 fully saturated rings. The highest BCUT2D eigenvalue weighted by molar-refractivity contribution is 6.00. The number of anilines is 1. The molecule has 3 N–H and O–H groups in total. The Bertz CT molecular complexity index is 825. The van der Waals surface area contributed by atoms with Crippen LogP contribution in [0.1, 0.15) is 17.5 Å². The molecule has 0 unspecified atom stereocenters. The van der Waals surface area contributed by atoms with Gasteiger partial charge in [-0.3, -0.25) is 14.7 Å². The average Bonchev–Trinajstić information content (AvgIpc) is 3.28. The molecule has 7 nitrogen and oxygen atoms in total. The number of nitrogens with one attached hydrogen (secondary N) is 3. The third-order valence-electron chi connectivity index (χ3n) is 3.43. The molecule has 0 bridgehead atoms. The molecule has 0 spiro atoms. The molecular weight excluding hydrogens is 308 g/mol. The summed E-state index contributed by atoms with van der Waals surface area (Å²) < 4.78 is 5.00. The van der Waals surface area contributed by atoms with Crippen molar-refractivity contribution in [3.05, 3.63) is 60.7 Å². The van der Waals surface area contributed by atoms with Crippen LogP contribution < -0.4 is 10.6 Å². The van der Waals surface area contributed by atoms with Gasteiger partial charge in [-0.2, -0.15) is 5.10 Å². The molecule has 2 amide bonds. The molecule has 0 aliphatic carbocycles. The second-order valence-electron chi connectivity index (χ2n) is 5.21. The molecule has 24 heavy (non-hydrogen) atoms. The summed E-state index contributed by atoms with van der Waals surface area (Å²) in [6, 6.07) is 11.6. The second kappa shape index (κ2) is 6.82. The van der Waals surface area contributed by atoms with Crippen LogP contribution in [0, 0.1) is 0 Å². The minimum absolute atomic E-state index is 0.163. The maximum absolute atomic E-state index is 12.2. The lowest BCUT2D eigenvalue weighted by atomic mass is 10.1. The Hall–Kier alpha value is -3.35. The highest BCUT2D eigenvalue weighted by Crippen LogP contribution is 2.20. The smallest absolute Gasteiger partial charge is 0.287 e. The van der Waals surface area contributed by atoms with E-state index in [9.17, 15) is 9.59 Å². The summed E-state index contributed by atoms with van der Waals surface area (Å²) in [5.74, 6) is -0.596. The lowest BCUT2D eigenvalue weighted by molar-refractivity contribution is -0.117. The van der Waals surface area contributed by atoms with E-state index in [1.54, 1.807) is 25.3 Å². The van der Waals surface area contributed by atoms with Crippen molar-refractivity contribution in [2.24, 2.45) is 0 Å². The van der Waals surface area contributed by atoms with Crippen molar-refractivity contribution in [2.45, 2.75) is 13.0 Å². The van der Waals surface area contributed by atoms with Gasteiger partial charge in [0.1, 0.15) is 6.04 Å². The zero-order valence-corrected chi connectivity index (χ0v) is 12.9. The number of carbonyl (C=O) groups is 2. The number of furan rings is 1. The van der Waals surface area contributed by atoms with Crippen molar-refractivity contribution in [2.75, 3.05) is 5.32 Å². The predicted molar refractivity (Wildman–Crippen MR) is 88.3 cm³/mol. The molecule has 2 heterocycles. The Labute approximate surface area is 138 Å². The Balaban J connectivity index is 1.64. The normalized spacial score (nSPS) is 11.7. The van der Waals surface area contributed by atoms with Crippen LogP contribution in [0.5, 0.6) is 0 Å². The number of aromatic nitrogens is 2. The Kier molecular flexibility index (Phi) is 4.42. The summed E-state index contributed by atoms with van der Waals surface area (Å²) >= 11 is 0. The highest BCUT2D eigenvalue weighted by Gasteiger charge is 2.18. The van der Waals surface area contributed by atoms with Gasteiger partial charge in [0, 0.05) is 17.4 Å². The van der Waals surface area contributed by atoms with E-state index in [1.807, 2.05) is 24.3 Å². The third kappa shape index (κ3) is 3.52. The van der Waals surface area contributed by atoms with Crippen LogP contribution in [-0.4, -0.2) is 28.1 Å². The van der Waals surface area contributed by atoms with Crippen molar-refractivity contribution in [3.8, 4) is 11.3 Å². The molecule has 1 aromatic carbocycles. The monoisotopic (exact) mass is 324 g/mol. The molecule has 3 rings (SSSR count). The standard InChI is InChI=1S/C17H16N4O3/c1-11(19-17(23)15-6-3-9-24-15)16(22)20-13-5-2-4-12(10-13)14-7-8-18-21-14/h2-11H,1H3,(H,18,21)(H,19,23)(H,20,22)/t11-/m1/s1. The molecular formula is C17H16N4O3. The predicted octanol–water partition coefficient (Wildman–Crippen LogP) is 2.43. The number of carbonyl (C=O) groups excluding carboxylic acids is 2. The fourth-order valence-electron chi connectivity index (χ4n) is 2.17. The van der Waals surface area contributed by atoms with Crippen LogP contribution in [0.25, 0.3) is 11.3 Å². The molecule has 3 aromatic rings. The number of amides is 2. The number of hydrogen-bond donors (Lipinski definition) is 3. The molecule has 1 atom stereocenters. The molecule has 0 radical (unpaired) electrons. The second-order valence-corrected chi connectivity index (χ2v) is 5.21. The zero-order valence-electron chi connectivity index (χ0n) is 12.9. The van der Waals surface area contributed by atoms with Gasteiger partial charge in [-0.25, -0.2) is 0 Å². The van der Waals surface area contributed by atoms with Crippen LogP contribution in [0.2, 0.25) is 0 Å². The van der Waals surface area contributed by atoms with Gasteiger partial charge in [0.25, 0.3) is 5.91 Å². The van der Waals surface area contributed by atoms with Gasteiger partial charge in [0.15, 0.2) is 5.76 Å². The molecule has 0 saturated heterocycles. The van der Waals surface area contributed by atoms with E-state index < -0.39 is 11.9 Å². The molecule has 2 aromatic heterocycles. The van der Waals surface area contributed by atoms with Gasteiger partial charge in [-0.05, 0) is 37.3 Å². The minimum Gasteiger partial charge on any atom is -0.459 e. The van der Waals surface area contributed by atoms with Crippen molar-refractivity contribution in [3.63, 3.8) is 0 Å². The first-order valence-corrected chi connectivity index (χ1v) is 7.38. The molecule has 122 valence electrons. The maximum Gasteiger partial charge on any atom is 0.287 e. The molecule has 0 aliphatic heterocycles. The van der Waals surface area contributed by atoms with E-state index in [4.69, 9.17) is 4.42 Å². The first kappa shape index (κ1) is 15.5. The Morgan fingerprint density at radius 3 is 2.79 bits per heavy atom. The van der Waals surface area contributed by atoms with E-state index in [1.165, 1.54) is 12.3 Å². The van der Waals surface area contributed by atoms with Crippen LogP contribution in [0.15, 0.2) is 59.3 Å². The van der Waals surface area contributed by atoms with Gasteiger partial charge < -0.3 is 15.1 Å². The topological polar surface area (TPSA) is 100 Å². The van der Waals surface area contributed by atoms with Crippen LogP contribution in [0.3, 0.4) is 0 Å². The number of nitrogens with zero attached hydrogens (tertiary/aromatic N) is 1. The number of H-pyrrole nitrogens is 1. The Morgan fingerprint density at radius 1 is 1.21 bits per heavy atom. The van der Waals surface area contributed by atoms with E-state index in [0.29, 0.717) is 5.69 Å². The lowest BCUT2D eigenvalue weighted by Gasteiger charge is -2.13. The van der Waals surface area contributed by atoms with Crippen molar-refractivity contribution >= 4 is 17.5 Å². The third-order valence-corrected chi connectivity index (χ3v) is 3.43. The van der Waals surface area contributed by atoms with E-state index >= 15 is 0 Å². The highest BCUT2D eigenvalue weighted by atomic mass is 16.3. The first-order valence-electron chi connectivity index (χ1n) is 7.38. The molecule has 7 heteroatoms.